The molecule has 0 bridgehead atoms. The van der Waals surface area contributed by atoms with E-state index in [0.717, 1.165) is 49.0 Å². The summed E-state index contributed by atoms with van der Waals surface area (Å²) in [7, 11) is 0. The first-order valence-corrected chi connectivity index (χ1v) is 10.2. The van der Waals surface area contributed by atoms with Crippen molar-refractivity contribution >= 4 is 28.5 Å². The molecule has 0 radical (unpaired) electrons. The van der Waals surface area contributed by atoms with E-state index in [2.05, 4.69) is 20.3 Å². The number of aromatic amines is 1. The van der Waals surface area contributed by atoms with Crippen LogP contribution in [0.3, 0.4) is 0 Å². The zero-order valence-corrected chi connectivity index (χ0v) is 15.1. The van der Waals surface area contributed by atoms with Crippen LogP contribution in [0.4, 0.5) is 5.82 Å². The van der Waals surface area contributed by atoms with Gasteiger partial charge in [0.05, 0.1) is 16.7 Å². The van der Waals surface area contributed by atoms with Crippen molar-refractivity contribution in [3.8, 4) is 0 Å². The van der Waals surface area contributed by atoms with Crippen LogP contribution < -0.4 is 10.9 Å². The average Bonchev–Trinajstić information content (AvgIpc) is 3.14. The number of H-pyrrole nitrogens is 1. The molecule has 2 N–H and O–H groups in total. The molecule has 134 valence electrons. The molecule has 1 aliphatic carbocycles. The Labute approximate surface area is 151 Å². The minimum atomic E-state index is -0.104. The molecular weight excluding hydrogens is 336 g/mol. The molecule has 4 rings (SSSR count). The van der Waals surface area contributed by atoms with Gasteiger partial charge in [0.1, 0.15) is 11.6 Å². The minimum absolute atomic E-state index is 0.104. The molecule has 1 aliphatic heterocycles. The van der Waals surface area contributed by atoms with E-state index >= 15 is 0 Å². The van der Waals surface area contributed by atoms with Crippen molar-refractivity contribution < 1.29 is 4.74 Å². The molecule has 2 aromatic rings. The standard InChI is InChI=1S/C18H24N4O2S/c23-18-14-10-19-16(20-12-3-1-2-4-12)9-15(14)21-17(22-18)11-25-13-5-7-24-8-6-13/h9-10,12-13H,1-8,11H2,(H,19,20)(H,21,22,23). The molecule has 7 heteroatoms. The second kappa shape index (κ2) is 7.74. The van der Waals surface area contributed by atoms with Gasteiger partial charge < -0.3 is 15.0 Å². The van der Waals surface area contributed by atoms with Crippen molar-refractivity contribution in [3.63, 3.8) is 0 Å². The number of rotatable bonds is 5. The highest BCUT2D eigenvalue weighted by Gasteiger charge is 2.17. The quantitative estimate of drug-likeness (QED) is 0.853. The summed E-state index contributed by atoms with van der Waals surface area (Å²) in [4.78, 5) is 24.3. The predicted octanol–water partition coefficient (Wildman–Crippen LogP) is 3.08. The van der Waals surface area contributed by atoms with Crippen LogP contribution in [0, 0.1) is 0 Å². The van der Waals surface area contributed by atoms with E-state index < -0.39 is 0 Å². The number of nitrogens with zero attached hydrogens (tertiary/aromatic N) is 2. The Bertz CT molecular complexity index is 782. The number of aromatic nitrogens is 3. The first-order chi connectivity index (χ1) is 12.3. The van der Waals surface area contributed by atoms with Crippen LogP contribution in [0.25, 0.3) is 10.9 Å². The van der Waals surface area contributed by atoms with Crippen molar-refractivity contribution in [2.24, 2.45) is 0 Å². The molecule has 0 amide bonds. The zero-order chi connectivity index (χ0) is 17.1. The maximum absolute atomic E-state index is 12.3. The van der Waals surface area contributed by atoms with Crippen molar-refractivity contribution in [1.82, 2.24) is 15.0 Å². The van der Waals surface area contributed by atoms with Gasteiger partial charge in [-0.3, -0.25) is 4.79 Å². The highest BCUT2D eigenvalue weighted by molar-refractivity contribution is 7.99. The summed E-state index contributed by atoms with van der Waals surface area (Å²) in [6, 6.07) is 2.40. The SMILES string of the molecule is O=c1[nH]c(CSC2CCOCC2)nc2cc(NC3CCCC3)ncc12. The molecule has 0 unspecified atom stereocenters. The Morgan fingerprint density at radius 1 is 1.24 bits per heavy atom. The average molecular weight is 360 g/mol. The largest absolute Gasteiger partial charge is 0.381 e. The van der Waals surface area contributed by atoms with Crippen molar-refractivity contribution in [2.45, 2.75) is 55.6 Å². The van der Waals surface area contributed by atoms with Gasteiger partial charge in [-0.15, -0.1) is 0 Å². The van der Waals surface area contributed by atoms with E-state index in [-0.39, 0.29) is 5.56 Å². The maximum atomic E-state index is 12.3. The second-order valence-electron chi connectivity index (χ2n) is 6.85. The van der Waals surface area contributed by atoms with Crippen LogP contribution in [0.5, 0.6) is 0 Å². The lowest BCUT2D eigenvalue weighted by atomic mass is 10.2. The molecule has 0 aromatic carbocycles. The number of pyridine rings is 1. The number of thioether (sulfide) groups is 1. The highest BCUT2D eigenvalue weighted by Crippen LogP contribution is 2.25. The molecule has 25 heavy (non-hydrogen) atoms. The summed E-state index contributed by atoms with van der Waals surface area (Å²) in [5.41, 5.74) is 0.620. The van der Waals surface area contributed by atoms with E-state index in [1.807, 2.05) is 17.8 Å². The van der Waals surface area contributed by atoms with Gasteiger partial charge in [-0.1, -0.05) is 12.8 Å². The van der Waals surface area contributed by atoms with Crippen molar-refractivity contribution in [2.75, 3.05) is 18.5 Å². The zero-order valence-electron chi connectivity index (χ0n) is 14.3. The molecule has 1 saturated heterocycles. The summed E-state index contributed by atoms with van der Waals surface area (Å²) in [5.74, 6) is 2.29. The third-order valence-corrected chi connectivity index (χ3v) is 6.35. The molecule has 0 spiro atoms. The lowest BCUT2D eigenvalue weighted by Crippen LogP contribution is -2.19. The number of fused-ring (bicyclic) bond motifs is 1. The Morgan fingerprint density at radius 2 is 2.04 bits per heavy atom. The number of hydrogen-bond donors (Lipinski definition) is 2. The number of hydrogen-bond acceptors (Lipinski definition) is 6. The van der Waals surface area contributed by atoms with Crippen LogP contribution in [0.1, 0.15) is 44.3 Å². The normalized spacial score (nSPS) is 19.5. The Hall–Kier alpha value is -1.60. The topological polar surface area (TPSA) is 79.9 Å². The fraction of sp³-hybridized carbons (Fsp3) is 0.611. The summed E-state index contributed by atoms with van der Waals surface area (Å²) in [6.45, 7) is 1.67. The Balaban J connectivity index is 1.50. The summed E-state index contributed by atoms with van der Waals surface area (Å²) >= 11 is 1.85. The van der Waals surface area contributed by atoms with Gasteiger partial charge in [-0.2, -0.15) is 11.8 Å². The fourth-order valence-electron chi connectivity index (χ4n) is 3.55. The van der Waals surface area contributed by atoms with Gasteiger partial charge in [-0.25, -0.2) is 9.97 Å². The first-order valence-electron chi connectivity index (χ1n) is 9.13. The van der Waals surface area contributed by atoms with Gasteiger partial charge in [0.25, 0.3) is 5.56 Å². The van der Waals surface area contributed by atoms with E-state index in [1.165, 1.54) is 25.7 Å². The highest BCUT2D eigenvalue weighted by atomic mass is 32.2. The van der Waals surface area contributed by atoms with Crippen LogP contribution in [-0.2, 0) is 10.5 Å². The third kappa shape index (κ3) is 4.15. The molecule has 2 aromatic heterocycles. The molecule has 1 saturated carbocycles. The van der Waals surface area contributed by atoms with E-state index in [1.54, 1.807) is 6.20 Å². The van der Waals surface area contributed by atoms with Gasteiger partial charge >= 0.3 is 0 Å². The number of anilines is 1. The Kier molecular flexibility index (Phi) is 5.22. The molecule has 3 heterocycles. The minimum Gasteiger partial charge on any atom is -0.381 e. The summed E-state index contributed by atoms with van der Waals surface area (Å²) in [5, 5.41) is 4.62. The first kappa shape index (κ1) is 16.8. The number of nitrogens with one attached hydrogen (secondary N) is 2. The molecule has 0 atom stereocenters. The van der Waals surface area contributed by atoms with Crippen LogP contribution in [0.15, 0.2) is 17.1 Å². The monoisotopic (exact) mass is 360 g/mol. The third-order valence-electron chi connectivity index (χ3n) is 4.97. The lowest BCUT2D eigenvalue weighted by Gasteiger charge is -2.21. The van der Waals surface area contributed by atoms with E-state index in [0.29, 0.717) is 16.7 Å². The summed E-state index contributed by atoms with van der Waals surface area (Å²) in [6.07, 6.45) is 8.70. The van der Waals surface area contributed by atoms with Crippen LogP contribution in [0.2, 0.25) is 0 Å². The Morgan fingerprint density at radius 3 is 2.84 bits per heavy atom. The van der Waals surface area contributed by atoms with Crippen molar-refractivity contribution in [1.29, 1.82) is 0 Å². The molecule has 6 nitrogen and oxygen atoms in total. The van der Waals surface area contributed by atoms with Gasteiger partial charge in [0, 0.05) is 36.8 Å². The number of ether oxygens (including phenoxy) is 1. The van der Waals surface area contributed by atoms with Gasteiger partial charge in [0.2, 0.25) is 0 Å². The molecule has 2 fully saturated rings. The second-order valence-corrected chi connectivity index (χ2v) is 8.14. The lowest BCUT2D eigenvalue weighted by molar-refractivity contribution is 0.1000. The van der Waals surface area contributed by atoms with E-state index in [4.69, 9.17) is 4.74 Å². The van der Waals surface area contributed by atoms with E-state index in [9.17, 15) is 4.79 Å². The van der Waals surface area contributed by atoms with Crippen LogP contribution >= 0.6 is 11.8 Å². The summed E-state index contributed by atoms with van der Waals surface area (Å²) < 4.78 is 5.40. The maximum Gasteiger partial charge on any atom is 0.260 e. The fourth-order valence-corrected chi connectivity index (χ4v) is 4.61. The predicted molar refractivity (Wildman–Crippen MR) is 101 cm³/mol. The smallest absolute Gasteiger partial charge is 0.260 e. The molecular formula is C18H24N4O2S. The van der Waals surface area contributed by atoms with Gasteiger partial charge in [0.15, 0.2) is 0 Å². The van der Waals surface area contributed by atoms with Gasteiger partial charge in [-0.05, 0) is 25.7 Å². The van der Waals surface area contributed by atoms with Crippen LogP contribution in [-0.4, -0.2) is 39.5 Å². The molecule has 2 aliphatic rings. The van der Waals surface area contributed by atoms with Crippen molar-refractivity contribution in [3.05, 3.63) is 28.4 Å².